The molecule has 3 N–H and O–H groups in total. The first kappa shape index (κ1) is 31.5. The molecule has 0 bridgehead atoms. The van der Waals surface area contributed by atoms with Crippen molar-refractivity contribution in [3.8, 4) is 5.75 Å². The molecule has 10 heteroatoms. The lowest BCUT2D eigenvalue weighted by Gasteiger charge is -2.24. The number of carbonyl (C=O) groups excluding carboxylic acids is 3. The number of ketones is 1. The zero-order valence-electron chi connectivity index (χ0n) is 23.5. The summed E-state index contributed by atoms with van der Waals surface area (Å²) in [6, 6.07) is 21.8. The van der Waals surface area contributed by atoms with Crippen LogP contribution < -0.4 is 20.1 Å². The SMILES string of the molecule is COc1ccc(CC(NC(=O)C(CC(C)C)NS(=O)(=O)c2ccccc2)C(=O)C(=O)NCCc2ccccc2)cc1. The van der Waals surface area contributed by atoms with Crippen LogP contribution in [-0.4, -0.2) is 51.8 Å². The number of sulfonamides is 1. The molecule has 0 heterocycles. The first-order valence-electron chi connectivity index (χ1n) is 13.5. The van der Waals surface area contributed by atoms with Gasteiger partial charge in [0.2, 0.25) is 21.7 Å². The molecule has 3 aromatic rings. The number of benzene rings is 3. The minimum absolute atomic E-state index is 0.0187. The van der Waals surface area contributed by atoms with E-state index in [1.807, 2.05) is 44.2 Å². The van der Waals surface area contributed by atoms with Crippen molar-refractivity contribution in [2.45, 2.75) is 50.1 Å². The Morgan fingerprint density at radius 2 is 1.41 bits per heavy atom. The van der Waals surface area contributed by atoms with Gasteiger partial charge in [0.1, 0.15) is 17.8 Å². The Morgan fingerprint density at radius 1 is 0.805 bits per heavy atom. The summed E-state index contributed by atoms with van der Waals surface area (Å²) in [5, 5.41) is 5.29. The molecule has 0 aliphatic rings. The molecule has 0 aliphatic heterocycles. The highest BCUT2D eigenvalue weighted by molar-refractivity contribution is 7.89. The van der Waals surface area contributed by atoms with E-state index < -0.39 is 39.7 Å². The fourth-order valence-corrected chi connectivity index (χ4v) is 5.45. The lowest BCUT2D eigenvalue weighted by Crippen LogP contribution is -2.54. The summed E-state index contributed by atoms with van der Waals surface area (Å²) in [6.07, 6.45) is 0.748. The number of hydrogen-bond acceptors (Lipinski definition) is 6. The highest BCUT2D eigenvalue weighted by atomic mass is 32.2. The molecule has 0 saturated carbocycles. The molecule has 3 rings (SSSR count). The van der Waals surface area contributed by atoms with Crippen LogP contribution in [0.2, 0.25) is 0 Å². The average molecular weight is 580 g/mol. The van der Waals surface area contributed by atoms with Gasteiger partial charge < -0.3 is 15.4 Å². The van der Waals surface area contributed by atoms with E-state index in [-0.39, 0.29) is 30.2 Å². The van der Waals surface area contributed by atoms with E-state index in [4.69, 9.17) is 4.74 Å². The molecular weight excluding hydrogens is 542 g/mol. The van der Waals surface area contributed by atoms with E-state index in [2.05, 4.69) is 15.4 Å². The molecule has 2 amide bonds. The molecule has 41 heavy (non-hydrogen) atoms. The van der Waals surface area contributed by atoms with Crippen molar-refractivity contribution >= 4 is 27.6 Å². The Hall–Kier alpha value is -4.02. The zero-order chi connectivity index (χ0) is 29.8. The molecule has 9 nitrogen and oxygen atoms in total. The maximum atomic E-state index is 13.5. The van der Waals surface area contributed by atoms with Crippen molar-refractivity contribution in [2.75, 3.05) is 13.7 Å². The van der Waals surface area contributed by atoms with Gasteiger partial charge in [-0.25, -0.2) is 8.42 Å². The predicted molar refractivity (Wildman–Crippen MR) is 157 cm³/mol. The molecule has 3 aromatic carbocycles. The summed E-state index contributed by atoms with van der Waals surface area (Å²) >= 11 is 0. The topological polar surface area (TPSA) is 131 Å². The Balaban J connectivity index is 1.78. The van der Waals surface area contributed by atoms with E-state index in [1.165, 1.54) is 19.2 Å². The Labute approximate surface area is 241 Å². The van der Waals surface area contributed by atoms with Gasteiger partial charge in [-0.15, -0.1) is 0 Å². The molecular formula is C31H37N3O6S. The lowest BCUT2D eigenvalue weighted by atomic mass is 9.99. The van der Waals surface area contributed by atoms with Gasteiger partial charge in [0.15, 0.2) is 0 Å². The summed E-state index contributed by atoms with van der Waals surface area (Å²) in [5.74, 6) is -1.77. The zero-order valence-corrected chi connectivity index (χ0v) is 24.3. The minimum Gasteiger partial charge on any atom is -0.497 e. The average Bonchev–Trinajstić information content (AvgIpc) is 2.97. The van der Waals surface area contributed by atoms with E-state index in [0.717, 1.165) is 5.56 Å². The number of methoxy groups -OCH3 is 1. The summed E-state index contributed by atoms with van der Waals surface area (Å²) in [6.45, 7) is 3.96. The van der Waals surface area contributed by atoms with Gasteiger partial charge in [-0.3, -0.25) is 14.4 Å². The molecule has 2 unspecified atom stereocenters. The van der Waals surface area contributed by atoms with Crippen LogP contribution in [0.15, 0.2) is 89.8 Å². The number of amides is 2. The highest BCUT2D eigenvalue weighted by Crippen LogP contribution is 2.15. The van der Waals surface area contributed by atoms with Crippen molar-refractivity contribution < 1.29 is 27.5 Å². The third kappa shape index (κ3) is 9.84. The lowest BCUT2D eigenvalue weighted by molar-refractivity contribution is -0.140. The van der Waals surface area contributed by atoms with E-state index in [0.29, 0.717) is 17.7 Å². The molecule has 0 spiro atoms. The van der Waals surface area contributed by atoms with Gasteiger partial charge in [0.25, 0.3) is 5.91 Å². The molecule has 0 fully saturated rings. The number of ether oxygens (including phenoxy) is 1. The normalized spacial score (nSPS) is 12.8. The molecule has 0 aromatic heterocycles. The Kier molecular flexibility index (Phi) is 11.6. The van der Waals surface area contributed by atoms with Crippen LogP contribution in [0.1, 0.15) is 31.4 Å². The summed E-state index contributed by atoms with van der Waals surface area (Å²) < 4.78 is 33.7. The second kappa shape index (κ2) is 15.1. The molecule has 218 valence electrons. The van der Waals surface area contributed by atoms with E-state index in [1.54, 1.807) is 42.5 Å². The van der Waals surface area contributed by atoms with Crippen LogP contribution in [0, 0.1) is 5.92 Å². The Bertz CT molecular complexity index is 1390. The molecule has 0 aliphatic carbocycles. The minimum atomic E-state index is -4.02. The van der Waals surface area contributed by atoms with Gasteiger partial charge in [-0.1, -0.05) is 74.5 Å². The number of Topliss-reactive ketones (excluding diaryl/α,β-unsaturated/α-hetero) is 1. The van der Waals surface area contributed by atoms with Crippen LogP contribution in [-0.2, 0) is 37.2 Å². The maximum Gasteiger partial charge on any atom is 0.289 e. The van der Waals surface area contributed by atoms with Gasteiger partial charge in [-0.2, -0.15) is 4.72 Å². The highest BCUT2D eigenvalue weighted by Gasteiger charge is 2.32. The fraction of sp³-hybridized carbons (Fsp3) is 0.323. The third-order valence-corrected chi connectivity index (χ3v) is 7.86. The number of rotatable bonds is 15. The maximum absolute atomic E-state index is 13.5. The molecule has 2 atom stereocenters. The largest absolute Gasteiger partial charge is 0.497 e. The standard InChI is InChI=1S/C31H37N3O6S/c1-22(2)20-28(34-41(38,39)26-12-8-5-9-13-26)30(36)33-27(21-24-14-16-25(40-3)17-15-24)29(35)31(37)32-19-18-23-10-6-4-7-11-23/h4-17,22,27-28,34H,18-21H2,1-3H3,(H,32,37)(H,33,36). The molecule has 0 radical (unpaired) electrons. The van der Waals surface area contributed by atoms with Gasteiger partial charge in [-0.05, 0) is 54.2 Å². The first-order valence-corrected chi connectivity index (χ1v) is 14.9. The number of carbonyl (C=O) groups is 3. The van der Waals surface area contributed by atoms with Crippen molar-refractivity contribution in [1.82, 2.24) is 15.4 Å². The smallest absolute Gasteiger partial charge is 0.289 e. The predicted octanol–water partition coefficient (Wildman–Crippen LogP) is 3.04. The van der Waals surface area contributed by atoms with E-state index in [9.17, 15) is 22.8 Å². The quantitative estimate of drug-likeness (QED) is 0.237. The van der Waals surface area contributed by atoms with Gasteiger partial charge in [0, 0.05) is 13.0 Å². The first-order chi connectivity index (χ1) is 19.6. The van der Waals surface area contributed by atoms with Crippen LogP contribution in [0.5, 0.6) is 5.75 Å². The van der Waals surface area contributed by atoms with Gasteiger partial charge in [0.05, 0.1) is 12.0 Å². The van der Waals surface area contributed by atoms with Crippen LogP contribution in [0.3, 0.4) is 0 Å². The molecule has 0 saturated heterocycles. The van der Waals surface area contributed by atoms with Crippen molar-refractivity contribution in [2.24, 2.45) is 5.92 Å². The summed E-state index contributed by atoms with van der Waals surface area (Å²) in [5.41, 5.74) is 1.69. The van der Waals surface area contributed by atoms with Crippen molar-refractivity contribution in [1.29, 1.82) is 0 Å². The number of nitrogens with one attached hydrogen (secondary N) is 3. The summed E-state index contributed by atoms with van der Waals surface area (Å²) in [4.78, 5) is 39.7. The number of hydrogen-bond donors (Lipinski definition) is 3. The van der Waals surface area contributed by atoms with Crippen LogP contribution in [0.4, 0.5) is 0 Å². The van der Waals surface area contributed by atoms with Crippen LogP contribution >= 0.6 is 0 Å². The van der Waals surface area contributed by atoms with Crippen molar-refractivity contribution in [3.63, 3.8) is 0 Å². The Morgan fingerprint density at radius 3 is 2.00 bits per heavy atom. The van der Waals surface area contributed by atoms with Gasteiger partial charge >= 0.3 is 0 Å². The van der Waals surface area contributed by atoms with Crippen molar-refractivity contribution in [3.05, 3.63) is 96.1 Å². The second-order valence-electron chi connectivity index (χ2n) is 10.1. The van der Waals surface area contributed by atoms with E-state index >= 15 is 0 Å². The second-order valence-corrected chi connectivity index (χ2v) is 11.8. The fourth-order valence-electron chi connectivity index (χ4n) is 4.22. The monoisotopic (exact) mass is 579 g/mol. The van der Waals surface area contributed by atoms with Crippen LogP contribution in [0.25, 0.3) is 0 Å². The summed E-state index contributed by atoms with van der Waals surface area (Å²) in [7, 11) is -2.48. The third-order valence-electron chi connectivity index (χ3n) is 6.37.